The first-order valence-electron chi connectivity index (χ1n) is 15.1. The maximum absolute atomic E-state index is 16.3. The number of aliphatic hydroxyl groups is 1. The number of nitrogens with zero attached hydrogens (tertiary/aromatic N) is 5. The average molecular weight is 660 g/mol. The first kappa shape index (κ1) is 30.8. The highest BCUT2D eigenvalue weighted by Gasteiger charge is 2.24. The number of rotatable bonds is 9. The van der Waals surface area contributed by atoms with Gasteiger partial charge in [-0.1, -0.05) is 19.3 Å². The number of imidazole rings is 1. The molecule has 0 spiro atoms. The molecule has 47 heavy (non-hydrogen) atoms. The molecule has 5 heterocycles. The van der Waals surface area contributed by atoms with Gasteiger partial charge in [0.15, 0.2) is 11.5 Å². The predicted molar refractivity (Wildman–Crippen MR) is 173 cm³/mol. The summed E-state index contributed by atoms with van der Waals surface area (Å²) in [7, 11) is -3.49. The number of sulfonamides is 1. The van der Waals surface area contributed by atoms with Crippen LogP contribution in [-0.4, -0.2) is 61.1 Å². The lowest BCUT2D eigenvalue weighted by atomic mass is 9.88. The molecule has 1 aromatic carbocycles. The van der Waals surface area contributed by atoms with E-state index in [-0.39, 0.29) is 40.6 Å². The van der Waals surface area contributed by atoms with E-state index in [1.165, 1.54) is 37.1 Å². The van der Waals surface area contributed by atoms with E-state index in [1.807, 2.05) is 0 Å². The molecular formula is C32H31F2N9O3S. The molecule has 0 bridgehead atoms. The summed E-state index contributed by atoms with van der Waals surface area (Å²) in [6.07, 6.45) is 11.6. The first-order valence-corrected chi connectivity index (χ1v) is 17.0. The minimum absolute atomic E-state index is 0.101. The maximum atomic E-state index is 16.3. The molecule has 1 unspecified atom stereocenters. The maximum Gasteiger partial charge on any atom is 0.209 e. The van der Waals surface area contributed by atoms with Crippen molar-refractivity contribution < 1.29 is 22.3 Å². The van der Waals surface area contributed by atoms with E-state index in [2.05, 4.69) is 40.2 Å². The highest BCUT2D eigenvalue weighted by atomic mass is 32.2. The smallest absolute Gasteiger partial charge is 0.209 e. The van der Waals surface area contributed by atoms with E-state index in [4.69, 9.17) is 4.98 Å². The molecule has 7 rings (SSSR count). The van der Waals surface area contributed by atoms with E-state index in [0.29, 0.717) is 39.1 Å². The van der Waals surface area contributed by atoms with Gasteiger partial charge in [0.25, 0.3) is 0 Å². The number of hydrogen-bond acceptors (Lipinski definition) is 9. The Morgan fingerprint density at radius 2 is 1.87 bits per heavy atom. The van der Waals surface area contributed by atoms with Crippen LogP contribution in [0.15, 0.2) is 55.1 Å². The molecule has 0 amide bonds. The van der Waals surface area contributed by atoms with Gasteiger partial charge in [0.1, 0.15) is 29.1 Å². The van der Waals surface area contributed by atoms with Crippen LogP contribution in [0.5, 0.6) is 0 Å². The molecule has 5 N–H and O–H groups in total. The SMILES string of the molecule is CS(=O)(=O)NCc1cc(F)cc(-c2nccc3[nH]c(-c4[nH]nc5ncc(-c6cncc(NC(O)C7CCCCC7)c6)c(F)c45)nc23)c1. The van der Waals surface area contributed by atoms with Crippen molar-refractivity contribution in [1.82, 2.24) is 39.8 Å². The Balaban J connectivity index is 1.23. The topological polar surface area (TPSA) is 174 Å². The molecule has 242 valence electrons. The number of H-pyrrole nitrogens is 2. The van der Waals surface area contributed by atoms with Crippen molar-refractivity contribution in [1.29, 1.82) is 0 Å². The zero-order valence-corrected chi connectivity index (χ0v) is 26.1. The monoisotopic (exact) mass is 659 g/mol. The van der Waals surface area contributed by atoms with Gasteiger partial charge in [0, 0.05) is 47.7 Å². The molecule has 15 heteroatoms. The Morgan fingerprint density at radius 3 is 2.68 bits per heavy atom. The quantitative estimate of drug-likeness (QED) is 0.130. The molecule has 1 atom stereocenters. The minimum Gasteiger partial charge on any atom is -0.374 e. The third-order valence-electron chi connectivity index (χ3n) is 8.39. The van der Waals surface area contributed by atoms with Gasteiger partial charge in [-0.2, -0.15) is 5.10 Å². The van der Waals surface area contributed by atoms with Crippen molar-refractivity contribution in [3.05, 3.63) is 72.3 Å². The van der Waals surface area contributed by atoms with Crippen LogP contribution < -0.4 is 10.0 Å². The van der Waals surface area contributed by atoms with Crippen molar-refractivity contribution in [3.8, 4) is 33.9 Å². The number of pyridine rings is 3. The standard InChI is InChI=1S/C32H31F2N9O3S/c1-47(45,46)38-13-17-9-19(11-21(33)10-17)27-28-24(7-8-36-27)40-31(41-28)29-25-26(34)23(16-37-30(25)43-42-29)20-12-22(15-35-14-20)39-32(44)18-5-3-2-4-6-18/h7-12,14-16,18,32,38-39,44H,2-6,13H2,1H3,(H,40,41)(H,37,42,43). The number of aromatic amines is 2. The molecule has 12 nitrogen and oxygen atoms in total. The summed E-state index contributed by atoms with van der Waals surface area (Å²) in [5, 5.41) is 21.0. The normalized spacial score (nSPS) is 15.0. The highest BCUT2D eigenvalue weighted by Crippen LogP contribution is 2.35. The number of hydrogen-bond donors (Lipinski definition) is 5. The lowest BCUT2D eigenvalue weighted by Gasteiger charge is -2.27. The van der Waals surface area contributed by atoms with E-state index in [1.54, 1.807) is 24.4 Å². The zero-order valence-electron chi connectivity index (χ0n) is 25.3. The van der Waals surface area contributed by atoms with Gasteiger partial charge in [-0.15, -0.1) is 0 Å². The predicted octanol–water partition coefficient (Wildman–Crippen LogP) is 5.26. The second-order valence-electron chi connectivity index (χ2n) is 11.8. The number of benzene rings is 1. The molecule has 0 aliphatic heterocycles. The van der Waals surface area contributed by atoms with Crippen LogP contribution in [0.1, 0.15) is 37.7 Å². The fraction of sp³-hybridized carbons (Fsp3) is 0.281. The lowest BCUT2D eigenvalue weighted by Crippen LogP contribution is -2.30. The number of fused-ring (bicyclic) bond motifs is 2. The molecule has 1 saturated carbocycles. The number of aliphatic hydroxyl groups excluding tert-OH is 1. The number of nitrogens with one attached hydrogen (secondary N) is 4. The number of anilines is 1. The third-order valence-corrected chi connectivity index (χ3v) is 9.06. The van der Waals surface area contributed by atoms with Crippen LogP contribution in [0.4, 0.5) is 14.5 Å². The van der Waals surface area contributed by atoms with Crippen molar-refractivity contribution in [2.24, 2.45) is 5.92 Å². The van der Waals surface area contributed by atoms with Crippen LogP contribution >= 0.6 is 0 Å². The average Bonchev–Trinajstić information content (AvgIpc) is 3.69. The molecule has 0 saturated heterocycles. The van der Waals surface area contributed by atoms with Gasteiger partial charge in [0.05, 0.1) is 34.7 Å². The van der Waals surface area contributed by atoms with Gasteiger partial charge < -0.3 is 15.4 Å². The first-order chi connectivity index (χ1) is 22.6. The van der Waals surface area contributed by atoms with Crippen LogP contribution in [0.3, 0.4) is 0 Å². The Bertz CT molecular complexity index is 2210. The highest BCUT2D eigenvalue weighted by molar-refractivity contribution is 7.88. The Morgan fingerprint density at radius 1 is 1.04 bits per heavy atom. The number of halogens is 2. The van der Waals surface area contributed by atoms with E-state index in [9.17, 15) is 17.9 Å². The molecule has 1 aliphatic carbocycles. The van der Waals surface area contributed by atoms with Crippen LogP contribution in [-0.2, 0) is 16.6 Å². The molecule has 1 aliphatic rings. The van der Waals surface area contributed by atoms with Crippen molar-refractivity contribution >= 4 is 37.8 Å². The second-order valence-corrected chi connectivity index (χ2v) is 13.6. The summed E-state index contributed by atoms with van der Waals surface area (Å²) in [5.41, 5.74) is 3.69. The second kappa shape index (κ2) is 12.4. The molecule has 5 aromatic heterocycles. The Kier molecular flexibility index (Phi) is 8.11. The van der Waals surface area contributed by atoms with E-state index in [0.717, 1.165) is 31.9 Å². The number of aromatic nitrogens is 7. The van der Waals surface area contributed by atoms with Crippen LogP contribution in [0, 0.1) is 17.6 Å². The zero-order chi connectivity index (χ0) is 32.7. The lowest BCUT2D eigenvalue weighted by molar-refractivity contribution is 0.109. The summed E-state index contributed by atoms with van der Waals surface area (Å²) in [4.78, 5) is 20.9. The van der Waals surface area contributed by atoms with Gasteiger partial charge in [-0.05, 0) is 48.7 Å². The molecule has 6 aromatic rings. The largest absolute Gasteiger partial charge is 0.374 e. The van der Waals surface area contributed by atoms with Gasteiger partial charge >= 0.3 is 0 Å². The summed E-state index contributed by atoms with van der Waals surface area (Å²) < 4.78 is 56.4. The fourth-order valence-electron chi connectivity index (χ4n) is 6.10. The van der Waals surface area contributed by atoms with Crippen molar-refractivity contribution in [2.75, 3.05) is 11.6 Å². The van der Waals surface area contributed by atoms with Crippen molar-refractivity contribution in [3.63, 3.8) is 0 Å². The molecular weight excluding hydrogens is 628 g/mol. The third kappa shape index (κ3) is 6.41. The minimum atomic E-state index is -3.49. The van der Waals surface area contributed by atoms with Gasteiger partial charge in [0.2, 0.25) is 10.0 Å². The van der Waals surface area contributed by atoms with Gasteiger partial charge in [-0.25, -0.2) is 31.9 Å². The van der Waals surface area contributed by atoms with Crippen LogP contribution in [0.25, 0.3) is 56.0 Å². The summed E-state index contributed by atoms with van der Waals surface area (Å²) in [5.74, 6) is -0.749. The Labute approximate surface area is 268 Å². The van der Waals surface area contributed by atoms with Gasteiger partial charge in [-0.3, -0.25) is 15.1 Å². The fourth-order valence-corrected chi connectivity index (χ4v) is 6.53. The summed E-state index contributed by atoms with van der Waals surface area (Å²) >= 11 is 0. The van der Waals surface area contributed by atoms with E-state index >= 15 is 4.39 Å². The summed E-state index contributed by atoms with van der Waals surface area (Å²) in [6, 6.07) is 7.56. The Hall–Kier alpha value is -4.86. The molecule has 0 radical (unpaired) electrons. The van der Waals surface area contributed by atoms with Crippen molar-refractivity contribution in [2.45, 2.75) is 44.9 Å². The van der Waals surface area contributed by atoms with E-state index < -0.39 is 27.9 Å². The molecule has 1 fully saturated rings. The summed E-state index contributed by atoms with van der Waals surface area (Å²) in [6.45, 7) is -0.101. The van der Waals surface area contributed by atoms with Crippen LogP contribution in [0.2, 0.25) is 0 Å².